The number of ether oxygens (including phenoxy) is 4. The molecular weight excluding hydrogens is 642 g/mol. The minimum atomic E-state index is -1.32. The number of likely N-dealkylation sites (N-methyl/N-ethyl adjacent to an activating group) is 1. The predicted molar refractivity (Wildman–Crippen MR) is 198 cm³/mol. The van der Waals surface area contributed by atoms with Gasteiger partial charge in [-0.15, -0.1) is 0 Å². The zero-order chi connectivity index (χ0) is 38.3. The molecule has 15 atom stereocenters. The summed E-state index contributed by atoms with van der Waals surface area (Å²) in [7, 11) is 9.33. The maximum Gasteiger partial charge on any atom is 0.159 e. The van der Waals surface area contributed by atoms with E-state index in [0.29, 0.717) is 44.7 Å². The van der Waals surface area contributed by atoms with E-state index >= 15 is 0 Å². The predicted octanol–water partition coefficient (Wildman–Crippen LogP) is 3.88. The van der Waals surface area contributed by atoms with Crippen LogP contribution in [0.2, 0.25) is 0 Å². The lowest BCUT2D eigenvalue weighted by Gasteiger charge is -2.45. The zero-order valence-corrected chi connectivity index (χ0v) is 34.0. The average molecular weight is 720 g/mol. The summed E-state index contributed by atoms with van der Waals surface area (Å²) in [4.78, 5) is 22.8. The SMILES string of the molecule is CC[C@@H](OC)C(O)C(OC)C(C)N(C)C[C@H](C)C[C@@](C)(O)[C@H](OC1CC(N(C)C)CC(C)O1)[C@@H](C)[C@H](ONCCC(C)CC(C)O)C(C)C=O. The first-order valence-corrected chi connectivity index (χ1v) is 19.0. The number of hydroxylamine groups is 1. The minimum absolute atomic E-state index is 0.0168. The van der Waals surface area contributed by atoms with Gasteiger partial charge in [0.05, 0.1) is 36.1 Å². The van der Waals surface area contributed by atoms with E-state index in [1.807, 2.05) is 48.6 Å². The van der Waals surface area contributed by atoms with E-state index in [2.05, 4.69) is 43.2 Å². The molecule has 1 heterocycles. The smallest absolute Gasteiger partial charge is 0.159 e. The molecule has 12 heteroatoms. The Morgan fingerprint density at radius 2 is 1.64 bits per heavy atom. The highest BCUT2D eigenvalue weighted by Crippen LogP contribution is 2.36. The highest BCUT2D eigenvalue weighted by molar-refractivity contribution is 5.53. The van der Waals surface area contributed by atoms with Crippen LogP contribution in [0.5, 0.6) is 0 Å². The summed E-state index contributed by atoms with van der Waals surface area (Å²) in [6, 6.07) is 0.137. The maximum absolute atomic E-state index is 12.4. The fourth-order valence-electron chi connectivity index (χ4n) is 7.86. The van der Waals surface area contributed by atoms with Gasteiger partial charge in [0.1, 0.15) is 18.5 Å². The fourth-order valence-corrected chi connectivity index (χ4v) is 7.86. The maximum atomic E-state index is 12.4. The zero-order valence-electron chi connectivity index (χ0n) is 34.0. The summed E-state index contributed by atoms with van der Waals surface area (Å²) in [6.45, 7) is 18.8. The van der Waals surface area contributed by atoms with Crippen LogP contribution >= 0.6 is 0 Å². The van der Waals surface area contributed by atoms with E-state index in [9.17, 15) is 20.1 Å². The standard InChI is InChI=1S/C38H77N3O9/c1-15-32(46-13)34(44)36(47-14)30(8)41(12)22-25(3)21-38(9,45)37(49-33-20-31(40(10)11)19-28(6)48-33)29(7)35(26(4)23-42)50-39-17-16-24(2)18-27(5)43/h23-37,39,43-45H,15-22H2,1-14H3/t24?,25-,26?,27?,28?,29+,30?,31?,32-,33?,34?,35-,36?,37-,38-/m1/s1. The molecule has 0 aromatic rings. The van der Waals surface area contributed by atoms with Crippen LogP contribution in [-0.2, 0) is 28.6 Å². The van der Waals surface area contributed by atoms with Crippen molar-refractivity contribution < 1.29 is 43.9 Å². The molecule has 1 aliphatic heterocycles. The van der Waals surface area contributed by atoms with Crippen molar-refractivity contribution in [3.05, 3.63) is 0 Å². The molecular formula is C38H77N3O9. The van der Waals surface area contributed by atoms with Crippen LogP contribution in [-0.4, -0.2) is 147 Å². The van der Waals surface area contributed by atoms with Crippen LogP contribution in [0.15, 0.2) is 0 Å². The Kier molecular flexibility index (Phi) is 21.8. The molecule has 12 nitrogen and oxygen atoms in total. The van der Waals surface area contributed by atoms with Crippen LogP contribution in [0.1, 0.15) is 101 Å². The number of hydrogen-bond donors (Lipinski definition) is 4. The first kappa shape index (κ1) is 47.3. The van der Waals surface area contributed by atoms with Gasteiger partial charge in [0, 0.05) is 57.6 Å². The van der Waals surface area contributed by atoms with Crippen molar-refractivity contribution in [2.75, 3.05) is 48.5 Å². The highest BCUT2D eigenvalue weighted by Gasteiger charge is 2.45. The molecule has 1 fully saturated rings. The molecule has 0 amide bonds. The first-order valence-electron chi connectivity index (χ1n) is 19.0. The molecule has 0 radical (unpaired) electrons. The topological polar surface area (TPSA) is 142 Å². The lowest BCUT2D eigenvalue weighted by atomic mass is 9.78. The van der Waals surface area contributed by atoms with Gasteiger partial charge in [0.15, 0.2) is 6.29 Å². The lowest BCUT2D eigenvalue weighted by Crippen LogP contribution is -2.55. The van der Waals surface area contributed by atoms with Crippen molar-refractivity contribution >= 4 is 6.29 Å². The lowest BCUT2D eigenvalue weighted by molar-refractivity contribution is -0.270. The molecule has 0 aliphatic carbocycles. The molecule has 0 saturated carbocycles. The molecule has 0 aromatic heterocycles. The third kappa shape index (κ3) is 15.3. The third-order valence-electron chi connectivity index (χ3n) is 10.8. The summed E-state index contributed by atoms with van der Waals surface area (Å²) in [5.74, 6) is -0.555. The largest absolute Gasteiger partial charge is 0.393 e. The Morgan fingerprint density at radius 1 is 1.00 bits per heavy atom. The molecule has 0 spiro atoms. The van der Waals surface area contributed by atoms with Crippen molar-refractivity contribution in [3.63, 3.8) is 0 Å². The van der Waals surface area contributed by atoms with Crippen molar-refractivity contribution in [1.29, 1.82) is 0 Å². The van der Waals surface area contributed by atoms with Gasteiger partial charge in [-0.2, -0.15) is 0 Å². The highest BCUT2D eigenvalue weighted by atomic mass is 16.7. The number of aliphatic hydroxyl groups is 3. The van der Waals surface area contributed by atoms with E-state index in [1.165, 1.54) is 0 Å². The summed E-state index contributed by atoms with van der Waals surface area (Å²) in [5, 5.41) is 33.1. The quantitative estimate of drug-likeness (QED) is 0.0586. The Balaban J connectivity index is 3.27. The van der Waals surface area contributed by atoms with E-state index < -0.39 is 48.1 Å². The van der Waals surface area contributed by atoms with Crippen molar-refractivity contribution in [1.82, 2.24) is 15.3 Å². The first-order chi connectivity index (χ1) is 23.3. The number of nitrogens with zero attached hydrogens (tertiary/aromatic N) is 2. The second kappa shape index (κ2) is 23.1. The van der Waals surface area contributed by atoms with E-state index in [-0.39, 0.29) is 36.3 Å². The monoisotopic (exact) mass is 720 g/mol. The Labute approximate surface area is 304 Å². The van der Waals surface area contributed by atoms with Gasteiger partial charge < -0.3 is 48.9 Å². The summed E-state index contributed by atoms with van der Waals surface area (Å²) in [5.41, 5.74) is 1.76. The van der Waals surface area contributed by atoms with Crippen molar-refractivity contribution in [2.45, 2.75) is 168 Å². The minimum Gasteiger partial charge on any atom is -0.393 e. The Morgan fingerprint density at radius 3 is 2.16 bits per heavy atom. The number of carbonyl (C=O) groups is 1. The van der Waals surface area contributed by atoms with Gasteiger partial charge in [-0.05, 0) is 92.8 Å². The Hall–Kier alpha value is -0.770. The number of aldehydes is 1. The van der Waals surface area contributed by atoms with Crippen LogP contribution in [0.3, 0.4) is 0 Å². The van der Waals surface area contributed by atoms with Gasteiger partial charge in [-0.3, -0.25) is 4.84 Å². The molecule has 4 N–H and O–H groups in total. The van der Waals surface area contributed by atoms with Crippen LogP contribution < -0.4 is 5.48 Å². The van der Waals surface area contributed by atoms with E-state index in [4.69, 9.17) is 23.8 Å². The van der Waals surface area contributed by atoms with Gasteiger partial charge >= 0.3 is 0 Å². The number of nitrogens with one attached hydrogen (secondary N) is 1. The van der Waals surface area contributed by atoms with E-state index in [0.717, 1.165) is 19.1 Å². The van der Waals surface area contributed by atoms with Gasteiger partial charge in [-0.1, -0.05) is 34.6 Å². The molecule has 1 rings (SSSR count). The second-order valence-electron chi connectivity index (χ2n) is 16.1. The number of aliphatic hydroxyl groups excluding tert-OH is 2. The molecule has 1 saturated heterocycles. The van der Waals surface area contributed by atoms with E-state index in [1.54, 1.807) is 21.1 Å². The number of carbonyl (C=O) groups excluding carboxylic acids is 1. The number of rotatable bonds is 26. The van der Waals surface area contributed by atoms with Crippen LogP contribution in [0, 0.1) is 23.7 Å². The van der Waals surface area contributed by atoms with Gasteiger partial charge in [0.25, 0.3) is 0 Å². The third-order valence-corrected chi connectivity index (χ3v) is 10.8. The molecule has 298 valence electrons. The van der Waals surface area contributed by atoms with Gasteiger partial charge in [0.2, 0.25) is 0 Å². The normalized spacial score (nSPS) is 26.7. The molecule has 50 heavy (non-hydrogen) atoms. The molecule has 1 aliphatic rings. The number of hydrogen-bond acceptors (Lipinski definition) is 12. The number of methoxy groups -OCH3 is 2. The fraction of sp³-hybridized carbons (Fsp3) is 0.974. The molecule has 0 aromatic carbocycles. The summed E-state index contributed by atoms with van der Waals surface area (Å²) >= 11 is 0. The van der Waals surface area contributed by atoms with Gasteiger partial charge in [-0.25, -0.2) is 5.48 Å². The molecule has 0 bridgehead atoms. The van der Waals surface area contributed by atoms with Crippen molar-refractivity contribution in [2.24, 2.45) is 23.7 Å². The summed E-state index contributed by atoms with van der Waals surface area (Å²) < 4.78 is 24.4. The average Bonchev–Trinajstić information content (AvgIpc) is 3.02. The summed E-state index contributed by atoms with van der Waals surface area (Å²) in [6.07, 6.45) is 1.16. The molecule has 9 unspecified atom stereocenters. The van der Waals surface area contributed by atoms with Crippen LogP contribution in [0.4, 0.5) is 0 Å². The van der Waals surface area contributed by atoms with Crippen molar-refractivity contribution in [3.8, 4) is 0 Å². The van der Waals surface area contributed by atoms with Crippen LogP contribution in [0.25, 0.3) is 0 Å². The Bertz CT molecular complexity index is 909. The second-order valence-corrected chi connectivity index (χ2v) is 16.1.